The summed E-state index contributed by atoms with van der Waals surface area (Å²) in [6.45, 7) is 1.74. The van der Waals surface area contributed by atoms with Gasteiger partial charge in [-0.05, 0) is 0 Å². The summed E-state index contributed by atoms with van der Waals surface area (Å²) >= 11 is -5.75. The fraction of sp³-hybridized carbons (Fsp3) is 0.143. The number of rotatable bonds is 3. The second-order valence-corrected chi connectivity index (χ2v) is 6.93. The van der Waals surface area contributed by atoms with Crippen molar-refractivity contribution in [3.8, 4) is 0 Å². The van der Waals surface area contributed by atoms with Gasteiger partial charge >= 0.3 is 88.7 Å². The van der Waals surface area contributed by atoms with Gasteiger partial charge in [0.15, 0.2) is 0 Å². The van der Waals surface area contributed by atoms with Crippen molar-refractivity contribution in [1.82, 2.24) is 0 Å². The molecule has 0 aromatic heterocycles. The van der Waals surface area contributed by atoms with Gasteiger partial charge < -0.3 is 0 Å². The van der Waals surface area contributed by atoms with Crippen LogP contribution in [0.15, 0.2) is 29.2 Å². The van der Waals surface area contributed by atoms with Crippen molar-refractivity contribution in [3.63, 3.8) is 0 Å². The average molecular weight is 299 g/mol. The van der Waals surface area contributed by atoms with Crippen LogP contribution in [0.4, 0.5) is 0 Å². The van der Waals surface area contributed by atoms with E-state index in [0.29, 0.717) is 0 Å². The molecule has 0 amide bonds. The van der Waals surface area contributed by atoms with E-state index in [1.807, 2.05) is 0 Å². The standard InChI is InChI=1S/C7H8O6SSe/c1-6-2-4-7(5-3-6)14(8,9)13-15(10,11)12/h2-5H,1H3,(H,10,11,12). The zero-order chi connectivity index (χ0) is 11.7. The van der Waals surface area contributed by atoms with Gasteiger partial charge in [-0.2, -0.15) is 0 Å². The first kappa shape index (κ1) is 12.3. The summed E-state index contributed by atoms with van der Waals surface area (Å²) < 4.78 is 55.0. The minimum absolute atomic E-state index is 0.324. The molecule has 84 valence electrons. The van der Waals surface area contributed by atoms with Gasteiger partial charge in [-0.15, -0.1) is 0 Å². The van der Waals surface area contributed by atoms with Crippen molar-refractivity contribution < 1.29 is 23.5 Å². The van der Waals surface area contributed by atoms with Gasteiger partial charge in [0.05, 0.1) is 0 Å². The van der Waals surface area contributed by atoms with E-state index in [2.05, 4.69) is 3.27 Å². The zero-order valence-electron chi connectivity index (χ0n) is 7.61. The Morgan fingerprint density at radius 3 is 2.07 bits per heavy atom. The van der Waals surface area contributed by atoms with Gasteiger partial charge in [-0.25, -0.2) is 0 Å². The monoisotopic (exact) mass is 300 g/mol. The Balaban J connectivity index is 3.13. The average Bonchev–Trinajstić information content (AvgIpc) is 2.00. The molecule has 0 spiro atoms. The van der Waals surface area contributed by atoms with Crippen LogP contribution in [-0.4, -0.2) is 26.0 Å². The Labute approximate surface area is 88.9 Å². The predicted molar refractivity (Wildman–Crippen MR) is 48.8 cm³/mol. The molecule has 0 radical (unpaired) electrons. The first-order valence-electron chi connectivity index (χ1n) is 3.71. The summed E-state index contributed by atoms with van der Waals surface area (Å²) in [5.74, 6) is 0. The third kappa shape index (κ3) is 3.69. The molecule has 1 aromatic carbocycles. The van der Waals surface area contributed by atoms with E-state index in [1.165, 1.54) is 24.3 Å². The van der Waals surface area contributed by atoms with Crippen molar-refractivity contribution in [3.05, 3.63) is 29.8 Å². The van der Waals surface area contributed by atoms with Crippen LogP contribution in [0.5, 0.6) is 0 Å². The summed E-state index contributed by atoms with van der Waals surface area (Å²) in [4.78, 5) is -0.324. The van der Waals surface area contributed by atoms with Crippen molar-refractivity contribution in [2.45, 2.75) is 11.8 Å². The first-order valence-corrected chi connectivity index (χ1v) is 7.98. The van der Waals surface area contributed by atoms with E-state index in [9.17, 15) is 16.1 Å². The molecule has 0 saturated carbocycles. The summed E-state index contributed by atoms with van der Waals surface area (Å²) in [7, 11) is -4.44. The normalized spacial score (nSPS) is 12.7. The summed E-state index contributed by atoms with van der Waals surface area (Å²) in [6.07, 6.45) is 0. The number of hydrogen-bond donors (Lipinski definition) is 1. The number of aryl methyl sites for hydroxylation is 1. The van der Waals surface area contributed by atoms with Crippen LogP contribution < -0.4 is 0 Å². The van der Waals surface area contributed by atoms with Crippen molar-refractivity contribution in [2.24, 2.45) is 0 Å². The minimum atomic E-state index is -5.75. The second-order valence-electron chi connectivity index (χ2n) is 2.76. The maximum absolute atomic E-state index is 11.2. The molecule has 0 bridgehead atoms. The Hall–Kier alpha value is -0.791. The maximum atomic E-state index is 11.2. The molecule has 0 atom stereocenters. The van der Waals surface area contributed by atoms with Gasteiger partial charge in [0.1, 0.15) is 0 Å². The molecule has 6 nitrogen and oxygen atoms in total. The summed E-state index contributed by atoms with van der Waals surface area (Å²) in [5.41, 5.74) is 0.812. The Bertz CT molecular complexity index is 542. The predicted octanol–water partition coefficient (Wildman–Crippen LogP) is -0.0108. The number of hydrogen-bond acceptors (Lipinski definition) is 5. The van der Waals surface area contributed by atoms with Crippen LogP contribution in [0.3, 0.4) is 0 Å². The van der Waals surface area contributed by atoms with Gasteiger partial charge in [-0.3, -0.25) is 0 Å². The molecule has 1 aromatic rings. The molecule has 15 heavy (non-hydrogen) atoms. The van der Waals surface area contributed by atoms with Crippen LogP contribution in [-0.2, 0) is 21.1 Å². The zero-order valence-corrected chi connectivity index (χ0v) is 10.1. The molecule has 1 rings (SSSR count). The molecule has 0 fully saturated rings. The first-order chi connectivity index (χ1) is 6.71. The Morgan fingerprint density at radius 1 is 1.20 bits per heavy atom. The van der Waals surface area contributed by atoms with E-state index >= 15 is 0 Å². The van der Waals surface area contributed by atoms with E-state index in [1.54, 1.807) is 6.92 Å². The summed E-state index contributed by atoms with van der Waals surface area (Å²) in [5, 5.41) is 0. The SMILES string of the molecule is Cc1ccc(S(=O)(=O)O[Se](=O)(=O)O)cc1. The number of benzene rings is 1. The third-order valence-corrected chi connectivity index (χ3v) is 4.90. The molecular weight excluding hydrogens is 291 g/mol. The molecule has 0 aliphatic rings. The van der Waals surface area contributed by atoms with Gasteiger partial charge in [-0.1, -0.05) is 0 Å². The van der Waals surface area contributed by atoms with E-state index in [0.717, 1.165) is 5.56 Å². The van der Waals surface area contributed by atoms with Crippen molar-refractivity contribution in [1.29, 1.82) is 0 Å². The van der Waals surface area contributed by atoms with Gasteiger partial charge in [0, 0.05) is 0 Å². The van der Waals surface area contributed by atoms with Gasteiger partial charge in [0.2, 0.25) is 0 Å². The molecule has 0 saturated heterocycles. The van der Waals surface area contributed by atoms with E-state index < -0.39 is 23.5 Å². The van der Waals surface area contributed by atoms with E-state index in [-0.39, 0.29) is 4.90 Å². The molecule has 0 aliphatic heterocycles. The fourth-order valence-corrected chi connectivity index (χ4v) is 3.55. The van der Waals surface area contributed by atoms with Crippen LogP contribution in [0.1, 0.15) is 5.56 Å². The van der Waals surface area contributed by atoms with Crippen molar-refractivity contribution >= 4 is 23.5 Å². The molecule has 0 unspecified atom stereocenters. The third-order valence-electron chi connectivity index (χ3n) is 1.49. The Morgan fingerprint density at radius 2 is 1.67 bits per heavy atom. The quantitative estimate of drug-likeness (QED) is 0.788. The molecule has 0 heterocycles. The topological polar surface area (TPSA) is 97.7 Å². The van der Waals surface area contributed by atoms with Gasteiger partial charge in [0.25, 0.3) is 0 Å². The summed E-state index contributed by atoms with van der Waals surface area (Å²) in [6, 6.07) is 5.34. The Kier molecular flexibility index (Phi) is 3.27. The van der Waals surface area contributed by atoms with Crippen LogP contribution in [0.2, 0.25) is 0 Å². The fourth-order valence-electron chi connectivity index (χ4n) is 0.857. The second kappa shape index (κ2) is 3.99. The molecule has 0 aliphatic carbocycles. The van der Waals surface area contributed by atoms with Crippen LogP contribution >= 0.6 is 0 Å². The van der Waals surface area contributed by atoms with Crippen molar-refractivity contribution in [2.75, 3.05) is 0 Å². The van der Waals surface area contributed by atoms with Crippen LogP contribution in [0, 0.1) is 6.92 Å². The van der Waals surface area contributed by atoms with Crippen LogP contribution in [0.25, 0.3) is 0 Å². The molecule has 1 N–H and O–H groups in total. The molecule has 8 heteroatoms. The molecular formula is C7H8O6SSe. The van der Waals surface area contributed by atoms with E-state index in [4.69, 9.17) is 4.19 Å².